The van der Waals surface area contributed by atoms with Crippen LogP contribution in [0.4, 0.5) is 5.69 Å². The lowest BCUT2D eigenvalue weighted by Gasteiger charge is -2.25. The average molecular weight is 386 g/mol. The van der Waals surface area contributed by atoms with Gasteiger partial charge in [0.1, 0.15) is 5.58 Å². The van der Waals surface area contributed by atoms with Gasteiger partial charge in [0.25, 0.3) is 0 Å². The van der Waals surface area contributed by atoms with E-state index in [0.29, 0.717) is 17.5 Å². The van der Waals surface area contributed by atoms with Crippen LogP contribution in [0.2, 0.25) is 0 Å². The van der Waals surface area contributed by atoms with Gasteiger partial charge in [0.05, 0.1) is 4.90 Å². The second-order valence-corrected chi connectivity index (χ2v) is 7.98. The highest BCUT2D eigenvalue weighted by molar-refractivity contribution is 7.89. The first-order valence-corrected chi connectivity index (χ1v) is 10.2. The summed E-state index contributed by atoms with van der Waals surface area (Å²) >= 11 is 0. The van der Waals surface area contributed by atoms with Gasteiger partial charge in [-0.05, 0) is 49.7 Å². The Bertz CT molecular complexity index is 1110. The summed E-state index contributed by atoms with van der Waals surface area (Å²) in [7, 11) is -3.65. The van der Waals surface area contributed by atoms with Crippen molar-refractivity contribution in [3.63, 3.8) is 0 Å². The highest BCUT2D eigenvalue weighted by atomic mass is 32.2. The van der Waals surface area contributed by atoms with Gasteiger partial charge in [0.15, 0.2) is 0 Å². The molecule has 27 heavy (non-hydrogen) atoms. The number of rotatable bonds is 7. The molecule has 0 saturated carbocycles. The van der Waals surface area contributed by atoms with E-state index in [0.717, 1.165) is 17.8 Å². The van der Waals surface area contributed by atoms with Crippen molar-refractivity contribution >= 4 is 26.7 Å². The van der Waals surface area contributed by atoms with Crippen molar-refractivity contribution in [2.24, 2.45) is 0 Å². The van der Waals surface area contributed by atoms with Gasteiger partial charge < -0.3 is 9.32 Å². The highest BCUT2D eigenvalue weighted by Gasteiger charge is 2.15. The Morgan fingerprint density at radius 3 is 2.59 bits per heavy atom. The molecule has 0 aliphatic carbocycles. The average Bonchev–Trinajstić information content (AvgIpc) is 2.65. The molecule has 0 fully saturated rings. The molecule has 1 N–H and O–H groups in total. The third-order valence-electron chi connectivity index (χ3n) is 4.41. The van der Waals surface area contributed by atoms with Crippen LogP contribution in [0.5, 0.6) is 0 Å². The monoisotopic (exact) mass is 386 g/mol. The first-order valence-electron chi connectivity index (χ1n) is 8.75. The molecule has 3 aromatic rings. The SMILES string of the molecule is CCN(CCNS(=O)(=O)c1ccc2oc(=O)ccc2c1)c1ccccc1C. The maximum absolute atomic E-state index is 12.6. The summed E-state index contributed by atoms with van der Waals surface area (Å²) in [4.78, 5) is 13.5. The lowest BCUT2D eigenvalue weighted by molar-refractivity contribution is 0.560. The fourth-order valence-electron chi connectivity index (χ4n) is 2.98. The summed E-state index contributed by atoms with van der Waals surface area (Å²) in [6.07, 6.45) is 0. The Hall–Kier alpha value is -2.64. The molecule has 0 aliphatic heterocycles. The minimum absolute atomic E-state index is 0.141. The van der Waals surface area contributed by atoms with Crippen LogP contribution in [0.3, 0.4) is 0 Å². The molecule has 0 radical (unpaired) electrons. The zero-order valence-corrected chi connectivity index (χ0v) is 16.1. The Morgan fingerprint density at radius 2 is 1.85 bits per heavy atom. The molecular weight excluding hydrogens is 364 g/mol. The van der Waals surface area contributed by atoms with Gasteiger partial charge in [-0.3, -0.25) is 0 Å². The minimum Gasteiger partial charge on any atom is -0.423 e. The van der Waals surface area contributed by atoms with Crippen molar-refractivity contribution in [3.8, 4) is 0 Å². The smallest absolute Gasteiger partial charge is 0.336 e. The highest BCUT2D eigenvalue weighted by Crippen LogP contribution is 2.19. The van der Waals surface area contributed by atoms with Crippen LogP contribution in [0, 0.1) is 6.92 Å². The number of nitrogens with one attached hydrogen (secondary N) is 1. The predicted octanol–water partition coefficient (Wildman–Crippen LogP) is 2.91. The molecule has 0 atom stereocenters. The van der Waals surface area contributed by atoms with Gasteiger partial charge in [0, 0.05) is 36.8 Å². The lowest BCUT2D eigenvalue weighted by atomic mass is 10.2. The van der Waals surface area contributed by atoms with E-state index < -0.39 is 15.6 Å². The van der Waals surface area contributed by atoms with Crippen LogP contribution >= 0.6 is 0 Å². The van der Waals surface area contributed by atoms with E-state index >= 15 is 0 Å². The standard InChI is InChI=1S/C20H22N2O4S/c1-3-22(18-7-5-4-6-15(18)2)13-12-21-27(24,25)17-9-10-19-16(14-17)8-11-20(23)26-19/h4-11,14,21H,3,12-13H2,1-2H3. The summed E-state index contributed by atoms with van der Waals surface area (Å²) in [6, 6.07) is 15.3. The van der Waals surface area contributed by atoms with Gasteiger partial charge in [-0.25, -0.2) is 17.9 Å². The van der Waals surface area contributed by atoms with Crippen molar-refractivity contribution in [2.45, 2.75) is 18.7 Å². The first-order chi connectivity index (χ1) is 12.9. The second kappa shape index (κ2) is 7.94. The molecule has 0 aliphatic rings. The lowest BCUT2D eigenvalue weighted by Crippen LogP contribution is -2.35. The molecule has 142 valence electrons. The number of para-hydroxylation sites is 1. The van der Waals surface area contributed by atoms with Crippen LogP contribution < -0.4 is 15.2 Å². The molecule has 6 nitrogen and oxygen atoms in total. The molecule has 0 bridgehead atoms. The Kier molecular flexibility index (Phi) is 5.62. The van der Waals surface area contributed by atoms with Gasteiger partial charge >= 0.3 is 5.63 Å². The molecule has 0 saturated heterocycles. The number of fused-ring (bicyclic) bond motifs is 1. The van der Waals surface area contributed by atoms with Crippen molar-refractivity contribution in [1.29, 1.82) is 0 Å². The van der Waals surface area contributed by atoms with E-state index in [9.17, 15) is 13.2 Å². The second-order valence-electron chi connectivity index (χ2n) is 6.22. The molecule has 1 aromatic heterocycles. The summed E-state index contributed by atoms with van der Waals surface area (Å²) in [6.45, 7) is 5.70. The van der Waals surface area contributed by atoms with Gasteiger partial charge in [0.2, 0.25) is 10.0 Å². The topological polar surface area (TPSA) is 79.6 Å². The number of nitrogens with zero attached hydrogens (tertiary/aromatic N) is 1. The van der Waals surface area contributed by atoms with Crippen molar-refractivity contribution in [2.75, 3.05) is 24.5 Å². The summed E-state index contributed by atoms with van der Waals surface area (Å²) in [5.41, 5.74) is 2.14. The molecule has 0 unspecified atom stereocenters. The van der Waals surface area contributed by atoms with E-state index in [4.69, 9.17) is 4.42 Å². The minimum atomic E-state index is -3.65. The zero-order chi connectivity index (χ0) is 19.4. The van der Waals surface area contributed by atoms with E-state index in [1.807, 2.05) is 38.1 Å². The number of anilines is 1. The van der Waals surface area contributed by atoms with E-state index in [2.05, 4.69) is 9.62 Å². The maximum Gasteiger partial charge on any atom is 0.336 e. The van der Waals surface area contributed by atoms with Crippen LogP contribution in [0.15, 0.2) is 68.7 Å². The van der Waals surface area contributed by atoms with Crippen molar-refractivity contribution in [1.82, 2.24) is 4.72 Å². The number of hydrogen-bond donors (Lipinski definition) is 1. The number of likely N-dealkylation sites (N-methyl/N-ethyl adjacent to an activating group) is 1. The number of sulfonamides is 1. The van der Waals surface area contributed by atoms with Gasteiger partial charge in [-0.1, -0.05) is 18.2 Å². The molecule has 7 heteroatoms. The van der Waals surface area contributed by atoms with Crippen LogP contribution in [0.1, 0.15) is 12.5 Å². The van der Waals surface area contributed by atoms with Crippen molar-refractivity contribution < 1.29 is 12.8 Å². The third kappa shape index (κ3) is 4.37. The van der Waals surface area contributed by atoms with E-state index in [-0.39, 0.29) is 11.4 Å². The summed E-state index contributed by atoms with van der Waals surface area (Å²) in [5, 5.41) is 0.563. The Labute approximate surface area is 158 Å². The van der Waals surface area contributed by atoms with Crippen LogP contribution in [-0.4, -0.2) is 28.1 Å². The van der Waals surface area contributed by atoms with Crippen molar-refractivity contribution in [3.05, 3.63) is 70.6 Å². The molecule has 0 spiro atoms. The van der Waals surface area contributed by atoms with Crippen LogP contribution in [-0.2, 0) is 10.0 Å². The van der Waals surface area contributed by atoms with E-state index in [1.54, 1.807) is 6.07 Å². The number of aryl methyl sites for hydroxylation is 1. The molecule has 3 rings (SSSR count). The number of hydrogen-bond acceptors (Lipinski definition) is 5. The fourth-order valence-corrected chi connectivity index (χ4v) is 4.04. The molecular formula is C20H22N2O4S. The largest absolute Gasteiger partial charge is 0.423 e. The predicted molar refractivity (Wildman–Crippen MR) is 107 cm³/mol. The van der Waals surface area contributed by atoms with Crippen LogP contribution in [0.25, 0.3) is 11.0 Å². The third-order valence-corrected chi connectivity index (χ3v) is 5.87. The zero-order valence-electron chi connectivity index (χ0n) is 15.3. The maximum atomic E-state index is 12.6. The van der Waals surface area contributed by atoms with Gasteiger partial charge in [-0.15, -0.1) is 0 Å². The molecule has 2 aromatic carbocycles. The first kappa shape index (κ1) is 19.1. The normalized spacial score (nSPS) is 11.6. The molecule has 0 amide bonds. The quantitative estimate of drug-likeness (QED) is 0.632. The Morgan fingerprint density at radius 1 is 1.07 bits per heavy atom. The number of benzene rings is 2. The fraction of sp³-hybridized carbons (Fsp3) is 0.250. The molecule has 1 heterocycles. The Balaban J connectivity index is 1.72. The summed E-state index contributed by atoms with van der Waals surface area (Å²) in [5.74, 6) is 0. The summed E-state index contributed by atoms with van der Waals surface area (Å²) < 4.78 is 32.9. The van der Waals surface area contributed by atoms with Gasteiger partial charge in [-0.2, -0.15) is 0 Å². The van der Waals surface area contributed by atoms with E-state index in [1.165, 1.54) is 24.3 Å².